The Morgan fingerprint density at radius 1 is 1.29 bits per heavy atom. The summed E-state index contributed by atoms with van der Waals surface area (Å²) >= 11 is 0. The summed E-state index contributed by atoms with van der Waals surface area (Å²) in [5, 5.41) is 7.30. The van der Waals surface area contributed by atoms with E-state index in [0.717, 1.165) is 6.07 Å². The molecule has 1 atom stereocenters. The number of hydrogen-bond acceptors (Lipinski definition) is 3. The lowest BCUT2D eigenvalue weighted by Crippen LogP contribution is -2.31. The minimum absolute atomic E-state index is 0.128. The Morgan fingerprint density at radius 2 is 1.86 bits per heavy atom. The van der Waals surface area contributed by atoms with Gasteiger partial charge in [-0.1, -0.05) is 20.8 Å². The molecule has 0 heterocycles. The van der Waals surface area contributed by atoms with Gasteiger partial charge < -0.3 is 5.32 Å². The normalized spacial score (nSPS) is 13.3. The predicted molar refractivity (Wildman–Crippen MR) is 74.1 cm³/mol. The molecular formula is C13H18F2N2O3S. The third kappa shape index (κ3) is 4.47. The van der Waals surface area contributed by atoms with Gasteiger partial charge in [0.25, 0.3) is 5.91 Å². The summed E-state index contributed by atoms with van der Waals surface area (Å²) in [7, 11) is -4.23. The van der Waals surface area contributed by atoms with Gasteiger partial charge in [-0.25, -0.2) is 22.3 Å². The number of hydrogen-bond donors (Lipinski definition) is 2. The second-order valence-electron chi connectivity index (χ2n) is 5.24. The molecule has 0 aliphatic carbocycles. The second kappa shape index (κ2) is 6.48. The summed E-state index contributed by atoms with van der Waals surface area (Å²) in [5.41, 5.74) is -0.685. The van der Waals surface area contributed by atoms with E-state index in [1.165, 1.54) is 0 Å². The zero-order valence-electron chi connectivity index (χ0n) is 12.0. The molecule has 1 aromatic carbocycles. The second-order valence-corrected chi connectivity index (χ2v) is 6.80. The number of carbonyl (C=O) groups excluding carboxylic acids is 1. The van der Waals surface area contributed by atoms with Crippen molar-refractivity contribution >= 4 is 15.9 Å². The maximum Gasteiger partial charge on any atom is 0.254 e. The monoisotopic (exact) mass is 320 g/mol. The third-order valence-corrected chi connectivity index (χ3v) is 4.19. The van der Waals surface area contributed by atoms with Crippen molar-refractivity contribution in [2.45, 2.75) is 25.7 Å². The lowest BCUT2D eigenvalue weighted by molar-refractivity contribution is 0.0939. The molecule has 0 aromatic heterocycles. The summed E-state index contributed by atoms with van der Waals surface area (Å²) in [6.45, 7) is 6.07. The van der Waals surface area contributed by atoms with Crippen LogP contribution in [-0.4, -0.2) is 20.9 Å². The van der Waals surface area contributed by atoms with Gasteiger partial charge in [0.2, 0.25) is 10.0 Å². The van der Waals surface area contributed by atoms with Gasteiger partial charge in [-0.3, -0.25) is 4.79 Å². The van der Waals surface area contributed by atoms with Gasteiger partial charge >= 0.3 is 0 Å². The first kappa shape index (κ1) is 17.5. The van der Waals surface area contributed by atoms with E-state index in [2.05, 4.69) is 5.32 Å². The van der Waals surface area contributed by atoms with Crippen LogP contribution in [0, 0.1) is 23.5 Å². The van der Waals surface area contributed by atoms with Crippen molar-refractivity contribution in [3.63, 3.8) is 0 Å². The minimum atomic E-state index is -4.23. The minimum Gasteiger partial charge on any atom is -0.352 e. The zero-order valence-corrected chi connectivity index (χ0v) is 12.8. The van der Waals surface area contributed by atoms with Crippen molar-refractivity contribution in [3.8, 4) is 0 Å². The SMILES string of the molecule is CC(C)C(C)CNC(=O)c1cc(S(N)(=O)=O)cc(F)c1F. The van der Waals surface area contributed by atoms with E-state index in [-0.39, 0.29) is 12.5 Å². The molecule has 1 amide bonds. The van der Waals surface area contributed by atoms with E-state index in [1.54, 1.807) is 0 Å². The van der Waals surface area contributed by atoms with Crippen molar-refractivity contribution in [1.29, 1.82) is 0 Å². The number of carbonyl (C=O) groups is 1. The van der Waals surface area contributed by atoms with Crippen LogP contribution in [0.4, 0.5) is 8.78 Å². The molecule has 1 unspecified atom stereocenters. The summed E-state index contributed by atoms with van der Waals surface area (Å²) in [6.07, 6.45) is 0. The average molecular weight is 320 g/mol. The highest BCUT2D eigenvalue weighted by atomic mass is 32.2. The maximum atomic E-state index is 13.6. The molecule has 118 valence electrons. The lowest BCUT2D eigenvalue weighted by Gasteiger charge is -2.16. The molecule has 5 nitrogen and oxygen atoms in total. The Labute approximate surface area is 122 Å². The molecule has 0 aliphatic rings. The van der Waals surface area contributed by atoms with E-state index in [1.807, 2.05) is 20.8 Å². The van der Waals surface area contributed by atoms with Crippen LogP contribution in [-0.2, 0) is 10.0 Å². The molecule has 1 aromatic rings. The van der Waals surface area contributed by atoms with Crippen molar-refractivity contribution in [2.75, 3.05) is 6.54 Å². The fourth-order valence-electron chi connectivity index (χ4n) is 1.48. The third-order valence-electron chi connectivity index (χ3n) is 3.30. The van der Waals surface area contributed by atoms with Crippen LogP contribution >= 0.6 is 0 Å². The quantitative estimate of drug-likeness (QED) is 0.864. The van der Waals surface area contributed by atoms with Gasteiger partial charge in [0.15, 0.2) is 11.6 Å². The molecular weight excluding hydrogens is 302 g/mol. The van der Waals surface area contributed by atoms with Crippen LogP contribution in [0.5, 0.6) is 0 Å². The Balaban J connectivity index is 3.07. The fraction of sp³-hybridized carbons (Fsp3) is 0.462. The highest BCUT2D eigenvalue weighted by molar-refractivity contribution is 7.89. The standard InChI is InChI=1S/C13H18F2N2O3S/c1-7(2)8(3)6-17-13(18)10-4-9(21(16,19)20)5-11(14)12(10)15/h4-5,7-8H,6H2,1-3H3,(H,17,18)(H2,16,19,20). The highest BCUT2D eigenvalue weighted by Crippen LogP contribution is 2.18. The molecule has 0 bridgehead atoms. The number of amides is 1. The predicted octanol–water partition coefficient (Wildman–Crippen LogP) is 1.63. The summed E-state index contributed by atoms with van der Waals surface area (Å²) in [4.78, 5) is 11.2. The van der Waals surface area contributed by atoms with Crippen LogP contribution < -0.4 is 10.5 Å². The van der Waals surface area contributed by atoms with E-state index in [9.17, 15) is 22.0 Å². The Kier molecular flexibility index (Phi) is 5.41. The summed E-state index contributed by atoms with van der Waals surface area (Å²) < 4.78 is 49.4. The molecule has 1 rings (SSSR count). The molecule has 0 radical (unpaired) electrons. The summed E-state index contributed by atoms with van der Waals surface area (Å²) in [5.74, 6) is -3.31. The van der Waals surface area contributed by atoms with E-state index >= 15 is 0 Å². The Bertz CT molecular complexity index is 645. The first-order valence-electron chi connectivity index (χ1n) is 6.34. The van der Waals surface area contributed by atoms with Gasteiger partial charge in [0.05, 0.1) is 10.5 Å². The van der Waals surface area contributed by atoms with E-state index in [0.29, 0.717) is 12.0 Å². The first-order valence-corrected chi connectivity index (χ1v) is 7.88. The van der Waals surface area contributed by atoms with Gasteiger partial charge in [-0.15, -0.1) is 0 Å². The van der Waals surface area contributed by atoms with E-state index < -0.39 is 38.0 Å². The smallest absolute Gasteiger partial charge is 0.254 e. The highest BCUT2D eigenvalue weighted by Gasteiger charge is 2.21. The largest absolute Gasteiger partial charge is 0.352 e. The van der Waals surface area contributed by atoms with Crippen molar-refractivity contribution in [1.82, 2.24) is 5.32 Å². The van der Waals surface area contributed by atoms with Crippen molar-refractivity contribution < 1.29 is 22.0 Å². The number of primary sulfonamides is 1. The van der Waals surface area contributed by atoms with Gasteiger partial charge in [-0.2, -0.15) is 0 Å². The number of benzene rings is 1. The Hall–Kier alpha value is -1.54. The molecule has 0 fully saturated rings. The van der Waals surface area contributed by atoms with Crippen LogP contribution in [0.15, 0.2) is 17.0 Å². The zero-order chi connectivity index (χ0) is 16.4. The fourth-order valence-corrected chi connectivity index (χ4v) is 2.03. The molecule has 0 aliphatic heterocycles. The van der Waals surface area contributed by atoms with Crippen molar-refractivity contribution in [2.24, 2.45) is 17.0 Å². The van der Waals surface area contributed by atoms with Crippen molar-refractivity contribution in [3.05, 3.63) is 29.3 Å². The molecule has 8 heteroatoms. The van der Waals surface area contributed by atoms with Crippen LogP contribution in [0.2, 0.25) is 0 Å². The average Bonchev–Trinajstić information content (AvgIpc) is 2.37. The van der Waals surface area contributed by atoms with Gasteiger partial charge in [-0.05, 0) is 24.0 Å². The number of rotatable bonds is 5. The number of halogens is 2. The molecule has 0 saturated carbocycles. The summed E-state index contributed by atoms with van der Waals surface area (Å²) in [6, 6.07) is 1.17. The van der Waals surface area contributed by atoms with Gasteiger partial charge in [0, 0.05) is 6.54 Å². The van der Waals surface area contributed by atoms with E-state index in [4.69, 9.17) is 5.14 Å². The number of nitrogens with two attached hydrogens (primary N) is 1. The topological polar surface area (TPSA) is 89.3 Å². The first-order chi connectivity index (χ1) is 9.54. The van der Waals surface area contributed by atoms with Gasteiger partial charge in [0.1, 0.15) is 0 Å². The molecule has 0 spiro atoms. The van der Waals surface area contributed by atoms with Crippen LogP contribution in [0.1, 0.15) is 31.1 Å². The lowest BCUT2D eigenvalue weighted by atomic mass is 9.98. The number of nitrogens with one attached hydrogen (secondary N) is 1. The molecule has 21 heavy (non-hydrogen) atoms. The number of sulfonamides is 1. The maximum absolute atomic E-state index is 13.6. The van der Waals surface area contributed by atoms with Crippen LogP contribution in [0.3, 0.4) is 0 Å². The molecule has 3 N–H and O–H groups in total. The molecule has 0 saturated heterocycles. The van der Waals surface area contributed by atoms with Crippen LogP contribution in [0.25, 0.3) is 0 Å². The Morgan fingerprint density at radius 3 is 2.33 bits per heavy atom.